The molecule has 2 aliphatic carbocycles. The fourth-order valence-electron chi connectivity index (χ4n) is 6.46. The molecule has 6 rings (SSSR count). The molecule has 3 heterocycles. The summed E-state index contributed by atoms with van der Waals surface area (Å²) in [6.45, 7) is 3.58. The number of Topliss-reactive ketones (excluding diaryl/α,β-unsaturated/α-hetero) is 1. The number of aromatic hydroxyl groups is 1. The van der Waals surface area contributed by atoms with Crippen LogP contribution in [0.3, 0.4) is 0 Å². The number of carbonyl (C=O) groups excluding carboxylic acids is 1. The molecule has 4 aliphatic rings. The Bertz CT molecular complexity index is 1710. The predicted molar refractivity (Wildman–Crippen MR) is 168 cm³/mol. The maximum atomic E-state index is 15.9. The number of hydrogen-bond acceptors (Lipinski definition) is 10. The molecule has 1 saturated carbocycles. The van der Waals surface area contributed by atoms with Gasteiger partial charge in [-0.2, -0.15) is 0 Å². The summed E-state index contributed by atoms with van der Waals surface area (Å²) in [6.07, 6.45) is 4.31. The summed E-state index contributed by atoms with van der Waals surface area (Å²) in [5.41, 5.74) is 6.08. The van der Waals surface area contributed by atoms with Gasteiger partial charge in [0.05, 0.1) is 25.2 Å². The molecule has 13 nitrogen and oxygen atoms in total. The van der Waals surface area contributed by atoms with Crippen molar-refractivity contribution < 1.29 is 28.9 Å². The minimum Gasteiger partial charge on any atom is -0.497 e. The number of benzene rings is 1. The number of nitrogens with one attached hydrogen (secondary N) is 2. The largest absolute Gasteiger partial charge is 0.497 e. The fourth-order valence-corrected chi connectivity index (χ4v) is 6.68. The Morgan fingerprint density at radius 1 is 1.29 bits per heavy atom. The Morgan fingerprint density at radius 3 is 2.69 bits per heavy atom. The fraction of sp³-hybridized carbons (Fsp3) is 0.414. The van der Waals surface area contributed by atoms with Crippen molar-refractivity contribution in [3.05, 3.63) is 63.3 Å². The lowest BCUT2D eigenvalue weighted by Gasteiger charge is -2.46. The van der Waals surface area contributed by atoms with E-state index in [4.69, 9.17) is 28.6 Å². The number of rotatable bonds is 8. The number of ether oxygens (including phenoxy) is 1. The van der Waals surface area contributed by atoms with Gasteiger partial charge in [0, 0.05) is 53.5 Å². The van der Waals surface area contributed by atoms with Crippen LogP contribution in [0.25, 0.3) is 10.9 Å². The van der Waals surface area contributed by atoms with Crippen LogP contribution in [0, 0.1) is 10.8 Å². The molecule has 2 aliphatic heterocycles. The number of ketones is 1. The number of nitrogens with zero attached hydrogens (tertiary/aromatic N) is 5. The van der Waals surface area contributed by atoms with E-state index in [1.54, 1.807) is 22.8 Å². The third kappa shape index (κ3) is 5.48. The molecular formula is C29H31ClFN7O6S. The Morgan fingerprint density at radius 2 is 2.04 bits per heavy atom. The number of carbonyl (C=O) groups is 2. The number of fused-ring (bicyclic) bond motifs is 2. The van der Waals surface area contributed by atoms with Crippen LogP contribution in [-0.2, 0) is 21.0 Å². The molecule has 0 amide bonds. The van der Waals surface area contributed by atoms with Gasteiger partial charge in [0.15, 0.2) is 5.78 Å². The van der Waals surface area contributed by atoms with E-state index in [1.165, 1.54) is 19.4 Å². The average Bonchev–Trinajstić information content (AvgIpc) is 3.82. The second-order valence-corrected chi connectivity index (χ2v) is 12.3. The Kier molecular flexibility index (Phi) is 8.18. The summed E-state index contributed by atoms with van der Waals surface area (Å²) < 4.78 is 23.4. The van der Waals surface area contributed by atoms with Gasteiger partial charge in [-0.15, -0.1) is 4.91 Å². The summed E-state index contributed by atoms with van der Waals surface area (Å²) in [7, 11) is 1.45. The number of carboxylic acids is 1. The number of piperazine rings is 1. The molecule has 3 unspecified atom stereocenters. The van der Waals surface area contributed by atoms with Crippen LogP contribution in [0.1, 0.15) is 19.8 Å². The van der Waals surface area contributed by atoms with Gasteiger partial charge >= 0.3 is 5.97 Å². The number of methoxy groups -OCH3 is 1. The average molecular weight is 660 g/mol. The number of halogens is 2. The first-order chi connectivity index (χ1) is 21.5. The SMILES string of the molecule is COC1=C(N2CCN(Cn3c(O)c(NNC(=S)N=O)c4cc(Cl)ccc43)C(C)C2)C(F)=CC2C(=O)C(C(=O)O)=CN(C3CC3)C12. The Hall–Kier alpha value is -4.21. The van der Waals surface area contributed by atoms with E-state index in [0.29, 0.717) is 41.3 Å². The normalized spacial score (nSPS) is 23.8. The van der Waals surface area contributed by atoms with Gasteiger partial charge in [-0.25, -0.2) is 9.18 Å². The predicted octanol–water partition coefficient (Wildman–Crippen LogP) is 3.66. The van der Waals surface area contributed by atoms with Crippen molar-refractivity contribution in [3.8, 4) is 5.88 Å². The monoisotopic (exact) mass is 659 g/mol. The minimum atomic E-state index is -1.33. The van der Waals surface area contributed by atoms with E-state index in [0.717, 1.165) is 12.8 Å². The molecule has 16 heteroatoms. The topological polar surface area (TPSA) is 152 Å². The van der Waals surface area contributed by atoms with Crippen molar-refractivity contribution >= 4 is 57.3 Å². The smallest absolute Gasteiger partial charge is 0.340 e. The minimum absolute atomic E-state index is 0.0514. The first-order valence-electron chi connectivity index (χ1n) is 14.4. The lowest BCUT2D eigenvalue weighted by atomic mass is 9.81. The second-order valence-electron chi connectivity index (χ2n) is 11.5. The quantitative estimate of drug-likeness (QED) is 0.142. The van der Waals surface area contributed by atoms with Gasteiger partial charge in [0.1, 0.15) is 34.6 Å². The van der Waals surface area contributed by atoms with Crippen LogP contribution in [0.2, 0.25) is 5.02 Å². The molecule has 2 aromatic rings. The van der Waals surface area contributed by atoms with Crippen LogP contribution in [0.15, 0.2) is 58.5 Å². The van der Waals surface area contributed by atoms with Crippen LogP contribution in [0.5, 0.6) is 5.88 Å². The second kappa shape index (κ2) is 11.9. The summed E-state index contributed by atoms with van der Waals surface area (Å²) in [5, 5.41) is 24.2. The summed E-state index contributed by atoms with van der Waals surface area (Å²) >= 11 is 11.0. The van der Waals surface area contributed by atoms with Gasteiger partial charge < -0.3 is 24.7 Å². The molecule has 1 aromatic carbocycles. The third-order valence-corrected chi connectivity index (χ3v) is 9.17. The van der Waals surface area contributed by atoms with Crippen molar-refractivity contribution in [2.24, 2.45) is 11.1 Å². The summed E-state index contributed by atoms with van der Waals surface area (Å²) in [4.78, 5) is 41.5. The van der Waals surface area contributed by atoms with E-state index >= 15 is 4.39 Å². The van der Waals surface area contributed by atoms with Gasteiger partial charge in [-0.05, 0) is 56.3 Å². The zero-order valence-corrected chi connectivity index (χ0v) is 25.9. The Balaban J connectivity index is 1.26. The number of nitroso groups, excluding NO2 is 1. The molecule has 2 fully saturated rings. The molecular weight excluding hydrogens is 629 g/mol. The highest BCUT2D eigenvalue weighted by atomic mass is 35.5. The van der Waals surface area contributed by atoms with Gasteiger partial charge in [-0.1, -0.05) is 11.6 Å². The van der Waals surface area contributed by atoms with Crippen molar-refractivity contribution in [2.45, 2.75) is 44.6 Å². The van der Waals surface area contributed by atoms with E-state index in [-0.39, 0.29) is 46.7 Å². The lowest BCUT2D eigenvalue weighted by Crippen LogP contribution is -2.54. The van der Waals surface area contributed by atoms with Crippen LogP contribution >= 0.6 is 23.8 Å². The first-order valence-corrected chi connectivity index (χ1v) is 15.1. The molecule has 238 valence electrons. The number of thiocarbonyl (C=S) groups is 1. The zero-order valence-electron chi connectivity index (χ0n) is 24.4. The van der Waals surface area contributed by atoms with Crippen LogP contribution in [-0.4, -0.2) is 91.2 Å². The van der Waals surface area contributed by atoms with Crippen LogP contribution in [0.4, 0.5) is 10.1 Å². The number of carboxylic acid groups (broad SMARTS) is 1. The molecule has 45 heavy (non-hydrogen) atoms. The standard InChI is InChI=1S/C29H31ClFN7O6S/c1-14-11-35(24-20(31)10-18-23(26(24)44-2)37(16-4-5-16)12-19(25(18)39)28(41)42)7-8-36(14)13-38-21-6-3-15(30)9-17(21)22(27(38)40)32-33-29(45)34-43/h3,6,9-10,12,14,16,18,23,32,40H,4-5,7-8,11,13H2,1-2H3,(H,33,45)(H,41,42). The van der Waals surface area contributed by atoms with E-state index in [9.17, 15) is 24.7 Å². The molecule has 0 radical (unpaired) electrons. The highest BCUT2D eigenvalue weighted by Gasteiger charge is 2.50. The number of allylic oxidation sites excluding steroid dienone is 1. The van der Waals surface area contributed by atoms with Crippen molar-refractivity contribution in [1.82, 2.24) is 24.7 Å². The van der Waals surface area contributed by atoms with Gasteiger partial charge in [0.2, 0.25) is 5.88 Å². The molecule has 0 spiro atoms. The molecule has 0 bridgehead atoms. The first kappa shape index (κ1) is 30.8. The van der Waals surface area contributed by atoms with E-state index in [1.807, 2.05) is 16.7 Å². The molecule has 4 N–H and O–H groups in total. The molecule has 1 saturated heterocycles. The molecule has 3 atom stereocenters. The van der Waals surface area contributed by atoms with E-state index in [2.05, 4.69) is 20.9 Å². The number of aliphatic carboxylic acids is 1. The summed E-state index contributed by atoms with van der Waals surface area (Å²) in [6, 6.07) is 4.44. The maximum Gasteiger partial charge on any atom is 0.340 e. The van der Waals surface area contributed by atoms with Crippen molar-refractivity contribution in [2.75, 3.05) is 32.2 Å². The highest BCUT2D eigenvalue weighted by molar-refractivity contribution is 7.80. The van der Waals surface area contributed by atoms with Crippen LogP contribution < -0.4 is 10.9 Å². The number of aromatic nitrogens is 1. The van der Waals surface area contributed by atoms with Gasteiger partial charge in [0.25, 0.3) is 5.11 Å². The van der Waals surface area contributed by atoms with Gasteiger partial charge in [-0.3, -0.25) is 25.1 Å². The Labute approximate surface area is 267 Å². The number of hydrogen-bond donors (Lipinski definition) is 4. The van der Waals surface area contributed by atoms with Crippen molar-refractivity contribution in [1.29, 1.82) is 0 Å². The maximum absolute atomic E-state index is 15.9. The van der Waals surface area contributed by atoms with E-state index < -0.39 is 29.5 Å². The zero-order chi connectivity index (χ0) is 32.2. The summed E-state index contributed by atoms with van der Waals surface area (Å²) in [5.74, 6) is -3.41. The number of anilines is 1. The third-order valence-electron chi connectivity index (χ3n) is 8.76. The lowest BCUT2D eigenvalue weighted by molar-refractivity contribution is -0.136. The number of hydrazine groups is 1. The highest BCUT2D eigenvalue weighted by Crippen LogP contribution is 2.44. The molecule has 1 aromatic heterocycles. The van der Waals surface area contributed by atoms with Crippen molar-refractivity contribution in [3.63, 3.8) is 0 Å².